The molecule has 2 aliphatic rings. The van der Waals surface area contributed by atoms with Crippen molar-refractivity contribution in [3.05, 3.63) is 77.4 Å². The maximum Gasteiger partial charge on any atom is 0.261 e. The van der Waals surface area contributed by atoms with E-state index in [2.05, 4.69) is 28.9 Å². The first-order valence-corrected chi connectivity index (χ1v) is 13.3. The minimum atomic E-state index is -0.562. The number of hydrogen-bond acceptors (Lipinski definition) is 6. The molecule has 7 heteroatoms. The fourth-order valence-electron chi connectivity index (χ4n) is 5.30. The van der Waals surface area contributed by atoms with Gasteiger partial charge in [-0.3, -0.25) is 24.3 Å². The lowest BCUT2D eigenvalue weighted by molar-refractivity contribution is 0.0416. The van der Waals surface area contributed by atoms with Crippen molar-refractivity contribution in [1.29, 1.82) is 0 Å². The molecular weight excluding hydrogens is 466 g/mol. The molecule has 2 aliphatic heterocycles. The van der Waals surface area contributed by atoms with Gasteiger partial charge in [-0.25, -0.2) is 0 Å². The molecule has 1 fully saturated rings. The first-order chi connectivity index (χ1) is 18.0. The molecular formula is C30H35N3O4. The number of carbonyl (C=O) groups is 2. The molecule has 7 nitrogen and oxygen atoms in total. The third-order valence-corrected chi connectivity index (χ3v) is 7.33. The number of piperazine rings is 1. The van der Waals surface area contributed by atoms with Crippen molar-refractivity contribution >= 4 is 22.6 Å². The van der Waals surface area contributed by atoms with Gasteiger partial charge < -0.3 is 9.84 Å². The van der Waals surface area contributed by atoms with Gasteiger partial charge in [-0.05, 0) is 41.6 Å². The lowest BCUT2D eigenvalue weighted by Crippen LogP contribution is -2.51. The van der Waals surface area contributed by atoms with Crippen molar-refractivity contribution in [3.63, 3.8) is 0 Å². The minimum Gasteiger partial charge on any atom is -0.491 e. The molecule has 37 heavy (non-hydrogen) atoms. The number of ether oxygens (including phenoxy) is 1. The van der Waals surface area contributed by atoms with E-state index in [0.717, 1.165) is 55.5 Å². The molecule has 194 valence electrons. The molecule has 0 aromatic heterocycles. The fourth-order valence-corrected chi connectivity index (χ4v) is 5.30. The van der Waals surface area contributed by atoms with Crippen LogP contribution in [-0.2, 0) is 6.42 Å². The second kappa shape index (κ2) is 11.4. The second-order valence-corrected chi connectivity index (χ2v) is 9.97. The summed E-state index contributed by atoms with van der Waals surface area (Å²) in [5, 5.41) is 12.2. The van der Waals surface area contributed by atoms with Gasteiger partial charge in [0.05, 0.1) is 0 Å². The Hall–Kier alpha value is -3.26. The van der Waals surface area contributed by atoms with Gasteiger partial charge in [0.25, 0.3) is 11.8 Å². The first kappa shape index (κ1) is 25.4. The zero-order chi connectivity index (χ0) is 25.8. The van der Waals surface area contributed by atoms with Crippen LogP contribution >= 0.6 is 0 Å². The van der Waals surface area contributed by atoms with Gasteiger partial charge in [0.15, 0.2) is 0 Å². The molecule has 5 rings (SSSR count). The van der Waals surface area contributed by atoms with E-state index < -0.39 is 6.10 Å². The third kappa shape index (κ3) is 5.69. The molecule has 0 saturated carbocycles. The lowest BCUT2D eigenvalue weighted by atomic mass is 9.94. The number of rotatable bonds is 10. The van der Waals surface area contributed by atoms with Crippen molar-refractivity contribution in [1.82, 2.24) is 14.7 Å². The predicted molar refractivity (Wildman–Crippen MR) is 144 cm³/mol. The number of benzene rings is 3. The van der Waals surface area contributed by atoms with Crippen LogP contribution in [0, 0.1) is 0 Å². The smallest absolute Gasteiger partial charge is 0.261 e. The summed E-state index contributed by atoms with van der Waals surface area (Å²) in [7, 11) is 0. The molecule has 0 aliphatic carbocycles. The van der Waals surface area contributed by atoms with Gasteiger partial charge in [-0.15, -0.1) is 0 Å². The van der Waals surface area contributed by atoms with Crippen molar-refractivity contribution in [2.24, 2.45) is 0 Å². The van der Waals surface area contributed by atoms with Gasteiger partial charge >= 0.3 is 0 Å². The van der Waals surface area contributed by atoms with Crippen molar-refractivity contribution in [2.45, 2.75) is 25.9 Å². The van der Waals surface area contributed by atoms with E-state index >= 15 is 0 Å². The van der Waals surface area contributed by atoms with Crippen LogP contribution in [-0.4, -0.2) is 90.1 Å². The highest BCUT2D eigenvalue weighted by molar-refractivity contribution is 6.25. The SMILES string of the molecule is CCCc1ccc(OC[C@@H](O)CN2CCN(CCN3C(=O)c4cccc5cccc(c45)C3=O)CC2)cc1. The Kier molecular flexibility index (Phi) is 7.84. The van der Waals surface area contributed by atoms with Crippen LogP contribution in [0.1, 0.15) is 39.6 Å². The highest BCUT2D eigenvalue weighted by Gasteiger charge is 2.33. The first-order valence-electron chi connectivity index (χ1n) is 13.3. The van der Waals surface area contributed by atoms with E-state index in [-0.39, 0.29) is 18.4 Å². The zero-order valence-electron chi connectivity index (χ0n) is 21.4. The van der Waals surface area contributed by atoms with Crippen LogP contribution in [0.15, 0.2) is 60.7 Å². The highest BCUT2D eigenvalue weighted by atomic mass is 16.5. The Bertz CT molecular complexity index is 1200. The summed E-state index contributed by atoms with van der Waals surface area (Å²) in [6, 6.07) is 19.3. The number of nitrogens with zero attached hydrogens (tertiary/aromatic N) is 3. The largest absolute Gasteiger partial charge is 0.491 e. The van der Waals surface area contributed by atoms with Crippen molar-refractivity contribution < 1.29 is 19.4 Å². The summed E-state index contributed by atoms with van der Waals surface area (Å²) in [5.74, 6) is 0.358. The average Bonchev–Trinajstić information content (AvgIpc) is 2.92. The summed E-state index contributed by atoms with van der Waals surface area (Å²) in [5.41, 5.74) is 2.50. The monoisotopic (exact) mass is 501 g/mol. The molecule has 2 heterocycles. The number of β-amino-alcohol motifs (C(OH)–C–C–N with tert-alkyl or cyclic N) is 1. The Morgan fingerprint density at radius 2 is 1.46 bits per heavy atom. The normalized spacial score (nSPS) is 17.4. The minimum absolute atomic E-state index is 0.212. The number of carbonyl (C=O) groups excluding carboxylic acids is 2. The number of aryl methyl sites for hydroxylation is 1. The summed E-state index contributed by atoms with van der Waals surface area (Å²) in [4.78, 5) is 32.1. The third-order valence-electron chi connectivity index (χ3n) is 7.33. The van der Waals surface area contributed by atoms with E-state index in [1.54, 1.807) is 0 Å². The molecule has 0 bridgehead atoms. The van der Waals surface area contributed by atoms with Gasteiger partial charge in [0.1, 0.15) is 18.5 Å². The molecule has 0 radical (unpaired) electrons. The average molecular weight is 502 g/mol. The van der Waals surface area contributed by atoms with Crippen LogP contribution in [0.25, 0.3) is 10.8 Å². The van der Waals surface area contributed by atoms with Crippen LogP contribution in [0.4, 0.5) is 0 Å². The van der Waals surface area contributed by atoms with Crippen LogP contribution < -0.4 is 4.74 Å². The Balaban J connectivity index is 1.07. The molecule has 1 saturated heterocycles. The summed E-state index contributed by atoms with van der Waals surface area (Å²) in [6.45, 7) is 7.31. The molecule has 1 atom stereocenters. The number of imide groups is 1. The van der Waals surface area contributed by atoms with E-state index in [0.29, 0.717) is 30.8 Å². The summed E-state index contributed by atoms with van der Waals surface area (Å²) < 4.78 is 5.78. The predicted octanol–water partition coefficient (Wildman–Crippen LogP) is 3.45. The maximum absolute atomic E-state index is 13.1. The second-order valence-electron chi connectivity index (χ2n) is 9.97. The highest BCUT2D eigenvalue weighted by Crippen LogP contribution is 2.29. The standard InChI is InChI=1S/C30H35N3O4/c1-2-5-22-10-12-25(13-11-22)37-21-24(34)20-32-16-14-31(15-17-32)18-19-33-29(35)26-8-3-6-23-7-4-9-27(28(23)26)30(33)36/h3-4,6-13,24,34H,2,5,14-21H2,1H3/t24-/m0/s1. The van der Waals surface area contributed by atoms with Gasteiger partial charge in [-0.2, -0.15) is 0 Å². The van der Waals surface area contributed by atoms with E-state index in [1.807, 2.05) is 48.5 Å². The van der Waals surface area contributed by atoms with Crippen LogP contribution in [0.3, 0.4) is 0 Å². The summed E-state index contributed by atoms with van der Waals surface area (Å²) >= 11 is 0. The molecule has 3 aromatic rings. The molecule has 0 unspecified atom stereocenters. The molecule has 0 spiro atoms. The van der Waals surface area contributed by atoms with E-state index in [4.69, 9.17) is 4.74 Å². The lowest BCUT2D eigenvalue weighted by Gasteiger charge is -2.36. The number of aliphatic hydroxyl groups is 1. The summed E-state index contributed by atoms with van der Waals surface area (Å²) in [6.07, 6.45) is 1.61. The van der Waals surface area contributed by atoms with Crippen molar-refractivity contribution in [2.75, 3.05) is 52.4 Å². The Morgan fingerprint density at radius 3 is 2.08 bits per heavy atom. The molecule has 3 aromatic carbocycles. The van der Waals surface area contributed by atoms with Gasteiger partial charge in [0, 0.05) is 62.3 Å². The van der Waals surface area contributed by atoms with Gasteiger partial charge in [-0.1, -0.05) is 49.7 Å². The van der Waals surface area contributed by atoms with E-state index in [1.165, 1.54) is 10.5 Å². The van der Waals surface area contributed by atoms with Crippen LogP contribution in [0.2, 0.25) is 0 Å². The topological polar surface area (TPSA) is 73.3 Å². The molecule has 2 amide bonds. The maximum atomic E-state index is 13.1. The number of amides is 2. The number of hydrogen-bond donors (Lipinski definition) is 1. The van der Waals surface area contributed by atoms with Gasteiger partial charge in [0.2, 0.25) is 0 Å². The quantitative estimate of drug-likeness (QED) is 0.429. The zero-order valence-corrected chi connectivity index (χ0v) is 21.4. The number of aliphatic hydroxyl groups excluding tert-OH is 1. The Morgan fingerprint density at radius 1 is 0.838 bits per heavy atom. The Labute approximate surface area is 218 Å². The molecule has 1 N–H and O–H groups in total. The van der Waals surface area contributed by atoms with Crippen LogP contribution in [0.5, 0.6) is 5.75 Å². The fraction of sp³-hybridized carbons (Fsp3) is 0.400. The van der Waals surface area contributed by atoms with Crippen molar-refractivity contribution in [3.8, 4) is 5.75 Å². The van der Waals surface area contributed by atoms with E-state index in [9.17, 15) is 14.7 Å².